The predicted molar refractivity (Wildman–Crippen MR) is 55.0 cm³/mol. The van der Waals surface area contributed by atoms with E-state index in [1.807, 2.05) is 5.38 Å². The molecule has 0 amide bonds. The minimum atomic E-state index is -0.808. The Hall–Kier alpha value is -0.420. The van der Waals surface area contributed by atoms with Crippen molar-refractivity contribution in [3.05, 3.63) is 16.6 Å². The van der Waals surface area contributed by atoms with Gasteiger partial charge in [-0.05, 0) is 13.8 Å². The summed E-state index contributed by atoms with van der Waals surface area (Å²) in [6.07, 6.45) is 1.67. The molecular weight excluding hydrogens is 254 g/mol. The summed E-state index contributed by atoms with van der Waals surface area (Å²) in [5.41, 5.74) is 0. The Labute approximate surface area is 89.3 Å². The number of ether oxygens (including phenoxy) is 1. The summed E-state index contributed by atoms with van der Waals surface area (Å²) in [6, 6.07) is 0. The molecule has 1 heterocycles. The number of carbonyl (C=O) groups excluding carboxylic acids is 1. The highest BCUT2D eigenvalue weighted by molar-refractivity contribution is 9.10. The minimum Gasteiger partial charge on any atom is -0.465 e. The van der Waals surface area contributed by atoms with Gasteiger partial charge in [-0.3, -0.25) is 4.79 Å². The zero-order chi connectivity index (χ0) is 9.90. The van der Waals surface area contributed by atoms with E-state index >= 15 is 0 Å². The summed E-state index contributed by atoms with van der Waals surface area (Å²) < 4.78 is 4.10. The van der Waals surface area contributed by atoms with E-state index in [2.05, 4.69) is 20.9 Å². The van der Waals surface area contributed by atoms with E-state index in [9.17, 15) is 4.79 Å². The van der Waals surface area contributed by atoms with Gasteiger partial charge in [0, 0.05) is 11.6 Å². The molecule has 13 heavy (non-hydrogen) atoms. The lowest BCUT2D eigenvalue weighted by Crippen LogP contribution is -2.27. The van der Waals surface area contributed by atoms with Gasteiger partial charge in [-0.15, -0.1) is 11.3 Å². The Bertz CT molecular complexity index is 284. The van der Waals surface area contributed by atoms with Gasteiger partial charge in [0.25, 0.3) is 0 Å². The molecule has 1 atom stereocenters. The molecular formula is C8H10BrNO2S. The van der Waals surface area contributed by atoms with Crippen LogP contribution in [0, 0.1) is 0 Å². The highest BCUT2D eigenvalue weighted by atomic mass is 79.9. The molecule has 0 aliphatic rings. The zero-order valence-corrected chi connectivity index (χ0v) is 9.81. The maximum absolute atomic E-state index is 11.5. The lowest BCUT2D eigenvalue weighted by atomic mass is 10.2. The molecule has 3 nitrogen and oxygen atoms in total. The highest BCUT2D eigenvalue weighted by Gasteiger charge is 2.36. The molecule has 0 aromatic carbocycles. The summed E-state index contributed by atoms with van der Waals surface area (Å²) in [5.74, 6) is -0.301. The van der Waals surface area contributed by atoms with Crippen LogP contribution in [-0.4, -0.2) is 17.6 Å². The average molecular weight is 264 g/mol. The van der Waals surface area contributed by atoms with Crippen LogP contribution in [0.1, 0.15) is 18.9 Å². The maximum Gasteiger partial charge on any atom is 0.329 e. The SMILES string of the molecule is CCOC(=O)C(C)(Br)c1nccs1. The molecule has 5 heteroatoms. The molecule has 0 aliphatic carbocycles. The van der Waals surface area contributed by atoms with Crippen LogP contribution < -0.4 is 0 Å². The van der Waals surface area contributed by atoms with Crippen molar-refractivity contribution < 1.29 is 9.53 Å². The molecule has 0 N–H and O–H groups in total. The Balaban J connectivity index is 2.82. The zero-order valence-electron chi connectivity index (χ0n) is 7.41. The van der Waals surface area contributed by atoms with Crippen molar-refractivity contribution in [1.29, 1.82) is 0 Å². The van der Waals surface area contributed by atoms with Gasteiger partial charge in [-0.25, -0.2) is 4.98 Å². The fourth-order valence-corrected chi connectivity index (χ4v) is 1.98. The van der Waals surface area contributed by atoms with Gasteiger partial charge in [0.1, 0.15) is 5.01 Å². The molecule has 0 radical (unpaired) electrons. The number of hydrogen-bond acceptors (Lipinski definition) is 4. The molecule has 0 fully saturated rings. The molecule has 0 saturated heterocycles. The van der Waals surface area contributed by atoms with E-state index < -0.39 is 4.32 Å². The standard InChI is InChI=1S/C8H10BrNO2S/c1-3-12-7(11)8(2,9)6-10-4-5-13-6/h4-5H,3H2,1-2H3. The number of esters is 1. The van der Waals surface area contributed by atoms with Gasteiger partial charge in [0.15, 0.2) is 4.32 Å². The fraction of sp³-hybridized carbons (Fsp3) is 0.500. The first-order chi connectivity index (χ1) is 6.09. The smallest absolute Gasteiger partial charge is 0.329 e. The summed E-state index contributed by atoms with van der Waals surface area (Å²) >= 11 is 4.73. The molecule has 1 aromatic rings. The average Bonchev–Trinajstić information content (AvgIpc) is 2.56. The second-order valence-corrected chi connectivity index (χ2v) is 5.04. The molecule has 1 aromatic heterocycles. The van der Waals surface area contributed by atoms with E-state index in [0.717, 1.165) is 0 Å². The number of aromatic nitrogens is 1. The number of alkyl halides is 1. The number of thiazole rings is 1. The van der Waals surface area contributed by atoms with E-state index in [1.54, 1.807) is 20.0 Å². The summed E-state index contributed by atoms with van der Waals surface area (Å²) in [6.45, 7) is 3.90. The lowest BCUT2D eigenvalue weighted by molar-refractivity contribution is -0.145. The van der Waals surface area contributed by atoms with Crippen LogP contribution in [0.3, 0.4) is 0 Å². The van der Waals surface area contributed by atoms with Crippen molar-refractivity contribution >= 4 is 33.2 Å². The molecule has 0 aliphatic heterocycles. The van der Waals surface area contributed by atoms with Crippen LogP contribution >= 0.6 is 27.3 Å². The molecule has 0 saturated carbocycles. The van der Waals surface area contributed by atoms with Crippen molar-refractivity contribution in [2.24, 2.45) is 0 Å². The van der Waals surface area contributed by atoms with Gasteiger partial charge in [0.2, 0.25) is 0 Å². The first kappa shape index (κ1) is 10.7. The van der Waals surface area contributed by atoms with Crippen LogP contribution in [0.5, 0.6) is 0 Å². The predicted octanol–water partition coefficient (Wildman–Crippen LogP) is 2.32. The minimum absolute atomic E-state index is 0.301. The third kappa shape index (κ3) is 2.28. The maximum atomic E-state index is 11.5. The molecule has 0 bridgehead atoms. The van der Waals surface area contributed by atoms with Crippen molar-refractivity contribution in [1.82, 2.24) is 4.98 Å². The van der Waals surface area contributed by atoms with Gasteiger partial charge in [0.05, 0.1) is 6.61 Å². The van der Waals surface area contributed by atoms with E-state index in [1.165, 1.54) is 11.3 Å². The Morgan fingerprint density at radius 3 is 3.00 bits per heavy atom. The fourth-order valence-electron chi connectivity index (χ4n) is 0.809. The summed E-state index contributed by atoms with van der Waals surface area (Å²) in [4.78, 5) is 15.5. The molecule has 72 valence electrons. The normalized spacial score (nSPS) is 15.0. The molecule has 1 unspecified atom stereocenters. The summed E-state index contributed by atoms with van der Waals surface area (Å²) in [7, 11) is 0. The Morgan fingerprint density at radius 2 is 2.54 bits per heavy atom. The van der Waals surface area contributed by atoms with Crippen molar-refractivity contribution in [2.45, 2.75) is 18.2 Å². The van der Waals surface area contributed by atoms with Crippen LogP contribution in [0.2, 0.25) is 0 Å². The van der Waals surface area contributed by atoms with Crippen LogP contribution in [-0.2, 0) is 13.9 Å². The van der Waals surface area contributed by atoms with Crippen LogP contribution in [0.15, 0.2) is 11.6 Å². The largest absolute Gasteiger partial charge is 0.465 e. The second kappa shape index (κ2) is 4.19. The Morgan fingerprint density at radius 1 is 1.85 bits per heavy atom. The number of hydrogen-bond donors (Lipinski definition) is 0. The highest BCUT2D eigenvalue weighted by Crippen LogP contribution is 2.33. The van der Waals surface area contributed by atoms with Crippen molar-refractivity contribution in [2.75, 3.05) is 6.61 Å². The Kier molecular flexibility index (Phi) is 3.44. The van der Waals surface area contributed by atoms with E-state index in [0.29, 0.717) is 11.6 Å². The molecule has 1 rings (SSSR count). The van der Waals surface area contributed by atoms with Crippen molar-refractivity contribution in [3.63, 3.8) is 0 Å². The monoisotopic (exact) mass is 263 g/mol. The van der Waals surface area contributed by atoms with Crippen molar-refractivity contribution in [3.8, 4) is 0 Å². The molecule has 0 spiro atoms. The quantitative estimate of drug-likeness (QED) is 0.621. The van der Waals surface area contributed by atoms with E-state index in [4.69, 9.17) is 4.74 Å². The number of nitrogens with zero attached hydrogens (tertiary/aromatic N) is 1. The summed E-state index contributed by atoms with van der Waals surface area (Å²) in [5, 5.41) is 2.54. The van der Waals surface area contributed by atoms with Crippen LogP contribution in [0.25, 0.3) is 0 Å². The third-order valence-corrected chi connectivity index (χ3v) is 3.45. The van der Waals surface area contributed by atoms with Gasteiger partial charge in [-0.2, -0.15) is 0 Å². The van der Waals surface area contributed by atoms with Gasteiger partial charge in [-0.1, -0.05) is 15.9 Å². The van der Waals surface area contributed by atoms with Gasteiger partial charge < -0.3 is 4.74 Å². The first-order valence-corrected chi connectivity index (χ1v) is 5.52. The number of halogens is 1. The number of carbonyl (C=O) groups is 1. The lowest BCUT2D eigenvalue weighted by Gasteiger charge is -2.16. The first-order valence-electron chi connectivity index (χ1n) is 3.85. The van der Waals surface area contributed by atoms with Crippen LogP contribution in [0.4, 0.5) is 0 Å². The van der Waals surface area contributed by atoms with E-state index in [-0.39, 0.29) is 5.97 Å². The second-order valence-electron chi connectivity index (χ2n) is 2.56. The number of rotatable bonds is 3. The van der Waals surface area contributed by atoms with Gasteiger partial charge >= 0.3 is 5.97 Å². The topological polar surface area (TPSA) is 39.2 Å². The third-order valence-electron chi connectivity index (χ3n) is 1.49.